The van der Waals surface area contributed by atoms with E-state index in [1.165, 1.54) is 19.3 Å². The number of carboxylic acids is 1. The second kappa shape index (κ2) is 7.67. The molecule has 1 aliphatic rings. The molecule has 0 aromatic carbocycles. The highest BCUT2D eigenvalue weighted by Gasteiger charge is 2.28. The molecule has 5 heteroatoms. The molecule has 0 saturated heterocycles. The van der Waals surface area contributed by atoms with E-state index >= 15 is 0 Å². The largest absolute Gasteiger partial charge is 0.481 e. The molecule has 2 unspecified atom stereocenters. The van der Waals surface area contributed by atoms with Crippen molar-refractivity contribution in [3.05, 3.63) is 0 Å². The lowest BCUT2D eigenvalue weighted by Gasteiger charge is -2.34. The molecule has 2 N–H and O–H groups in total. The molecule has 1 rings (SSSR count). The van der Waals surface area contributed by atoms with Crippen LogP contribution in [0.2, 0.25) is 0 Å². The van der Waals surface area contributed by atoms with Crippen molar-refractivity contribution in [3.63, 3.8) is 0 Å². The first-order valence-corrected chi connectivity index (χ1v) is 7.75. The smallest absolute Gasteiger partial charge is 0.313 e. The fraction of sp³-hybridized carbons (Fsp3) is 0.846. The standard InChI is InChI=1S/C13H23NO3S/c1-9(2)10-5-3-4-6-11(10)14-12(15)7-18-8-13(16)17/h9-11H,3-8H2,1-2H3,(H,14,15)(H,16,17). The number of rotatable bonds is 6. The van der Waals surface area contributed by atoms with E-state index in [0.717, 1.165) is 18.2 Å². The summed E-state index contributed by atoms with van der Waals surface area (Å²) in [5.41, 5.74) is 0. The van der Waals surface area contributed by atoms with Gasteiger partial charge in [0.2, 0.25) is 5.91 Å². The van der Waals surface area contributed by atoms with Crippen LogP contribution in [0.1, 0.15) is 39.5 Å². The second-order valence-corrected chi connectivity index (χ2v) is 6.24. The van der Waals surface area contributed by atoms with E-state index < -0.39 is 5.97 Å². The Kier molecular flexibility index (Phi) is 6.54. The van der Waals surface area contributed by atoms with E-state index in [2.05, 4.69) is 19.2 Å². The molecule has 1 aliphatic carbocycles. The average Bonchev–Trinajstić information content (AvgIpc) is 2.28. The number of hydrogen-bond donors (Lipinski definition) is 2. The Hall–Kier alpha value is -0.710. The summed E-state index contributed by atoms with van der Waals surface area (Å²) in [6, 6.07) is 0.275. The zero-order valence-corrected chi connectivity index (χ0v) is 12.0. The molecule has 1 saturated carbocycles. The average molecular weight is 273 g/mol. The topological polar surface area (TPSA) is 66.4 Å². The molecule has 0 bridgehead atoms. The summed E-state index contributed by atoms with van der Waals surface area (Å²) in [5.74, 6) is 0.484. The van der Waals surface area contributed by atoms with Crippen molar-refractivity contribution in [2.75, 3.05) is 11.5 Å². The van der Waals surface area contributed by atoms with E-state index in [9.17, 15) is 9.59 Å². The van der Waals surface area contributed by atoms with Gasteiger partial charge in [-0.15, -0.1) is 11.8 Å². The van der Waals surface area contributed by atoms with Crippen LogP contribution in [0.3, 0.4) is 0 Å². The van der Waals surface area contributed by atoms with Crippen molar-refractivity contribution in [1.82, 2.24) is 5.32 Å². The Morgan fingerprint density at radius 3 is 2.56 bits per heavy atom. The Morgan fingerprint density at radius 2 is 1.94 bits per heavy atom. The summed E-state index contributed by atoms with van der Waals surface area (Å²) in [6.45, 7) is 4.41. The van der Waals surface area contributed by atoms with E-state index in [1.54, 1.807) is 0 Å². The number of carbonyl (C=O) groups excluding carboxylic acids is 1. The van der Waals surface area contributed by atoms with Gasteiger partial charge in [-0.25, -0.2) is 0 Å². The third kappa shape index (κ3) is 5.29. The summed E-state index contributed by atoms with van der Waals surface area (Å²) in [7, 11) is 0. The van der Waals surface area contributed by atoms with Gasteiger partial charge in [0, 0.05) is 6.04 Å². The van der Waals surface area contributed by atoms with Crippen LogP contribution in [0.5, 0.6) is 0 Å². The molecule has 1 fully saturated rings. The van der Waals surface area contributed by atoms with Crippen LogP contribution in [0, 0.1) is 11.8 Å². The maximum atomic E-state index is 11.7. The van der Waals surface area contributed by atoms with Crippen LogP contribution in [-0.2, 0) is 9.59 Å². The number of amides is 1. The number of carbonyl (C=O) groups is 2. The lowest BCUT2D eigenvalue weighted by molar-refractivity contribution is -0.133. The molecule has 2 atom stereocenters. The first kappa shape index (κ1) is 15.3. The van der Waals surface area contributed by atoms with Crippen molar-refractivity contribution in [1.29, 1.82) is 0 Å². The van der Waals surface area contributed by atoms with Crippen LogP contribution in [0.4, 0.5) is 0 Å². The van der Waals surface area contributed by atoms with Gasteiger partial charge in [-0.3, -0.25) is 9.59 Å². The normalized spacial score (nSPS) is 23.9. The highest BCUT2D eigenvalue weighted by atomic mass is 32.2. The Balaban J connectivity index is 2.34. The fourth-order valence-electron chi connectivity index (χ4n) is 2.62. The number of thioether (sulfide) groups is 1. The summed E-state index contributed by atoms with van der Waals surface area (Å²) >= 11 is 1.16. The Labute approximate surface area is 113 Å². The number of aliphatic carboxylic acids is 1. The minimum absolute atomic E-state index is 0.00824. The molecule has 0 aliphatic heterocycles. The monoisotopic (exact) mass is 273 g/mol. The van der Waals surface area contributed by atoms with Gasteiger partial charge in [0.15, 0.2) is 0 Å². The summed E-state index contributed by atoms with van der Waals surface area (Å²) in [4.78, 5) is 22.1. The molecule has 4 nitrogen and oxygen atoms in total. The van der Waals surface area contributed by atoms with E-state index in [1.807, 2.05) is 0 Å². The molecule has 1 amide bonds. The van der Waals surface area contributed by atoms with E-state index in [4.69, 9.17) is 5.11 Å². The Morgan fingerprint density at radius 1 is 1.28 bits per heavy atom. The summed E-state index contributed by atoms with van der Waals surface area (Å²) in [6.07, 6.45) is 4.67. The molecule has 18 heavy (non-hydrogen) atoms. The van der Waals surface area contributed by atoms with Gasteiger partial charge in [0.25, 0.3) is 0 Å². The van der Waals surface area contributed by atoms with Gasteiger partial charge in [-0.2, -0.15) is 0 Å². The molecule has 0 heterocycles. The van der Waals surface area contributed by atoms with Crippen molar-refractivity contribution in [2.24, 2.45) is 11.8 Å². The lowest BCUT2D eigenvalue weighted by atomic mass is 9.78. The maximum absolute atomic E-state index is 11.7. The van der Waals surface area contributed by atoms with Crippen molar-refractivity contribution in [2.45, 2.75) is 45.6 Å². The SMILES string of the molecule is CC(C)C1CCCCC1NC(=O)CSCC(=O)O. The van der Waals surface area contributed by atoms with Gasteiger partial charge in [0.05, 0.1) is 11.5 Å². The molecule has 0 aromatic rings. The van der Waals surface area contributed by atoms with Gasteiger partial charge in [-0.05, 0) is 24.7 Å². The molecule has 0 aromatic heterocycles. The van der Waals surface area contributed by atoms with Crippen LogP contribution in [0.15, 0.2) is 0 Å². The van der Waals surface area contributed by atoms with Gasteiger partial charge >= 0.3 is 5.97 Å². The fourth-order valence-corrected chi connectivity index (χ4v) is 3.16. The minimum atomic E-state index is -0.870. The minimum Gasteiger partial charge on any atom is -0.481 e. The first-order valence-electron chi connectivity index (χ1n) is 6.59. The third-order valence-corrected chi connectivity index (χ3v) is 4.40. The molecular formula is C13H23NO3S. The zero-order valence-electron chi connectivity index (χ0n) is 11.1. The predicted molar refractivity (Wildman–Crippen MR) is 73.7 cm³/mol. The first-order chi connectivity index (χ1) is 8.50. The van der Waals surface area contributed by atoms with E-state index in [0.29, 0.717) is 11.8 Å². The maximum Gasteiger partial charge on any atom is 0.313 e. The lowest BCUT2D eigenvalue weighted by Crippen LogP contribution is -2.44. The van der Waals surface area contributed by atoms with Crippen molar-refractivity contribution >= 4 is 23.6 Å². The molecule has 0 spiro atoms. The Bertz CT molecular complexity index is 294. The zero-order chi connectivity index (χ0) is 13.5. The number of hydrogen-bond acceptors (Lipinski definition) is 3. The highest BCUT2D eigenvalue weighted by Crippen LogP contribution is 2.30. The highest BCUT2D eigenvalue weighted by molar-refractivity contribution is 8.00. The van der Waals surface area contributed by atoms with Gasteiger partial charge in [-0.1, -0.05) is 26.7 Å². The molecule has 104 valence electrons. The number of nitrogens with one attached hydrogen (secondary N) is 1. The van der Waals surface area contributed by atoms with Crippen LogP contribution in [0.25, 0.3) is 0 Å². The van der Waals surface area contributed by atoms with Crippen LogP contribution in [-0.4, -0.2) is 34.5 Å². The second-order valence-electron chi connectivity index (χ2n) is 5.25. The van der Waals surface area contributed by atoms with Crippen LogP contribution >= 0.6 is 11.8 Å². The van der Waals surface area contributed by atoms with E-state index in [-0.39, 0.29) is 23.5 Å². The predicted octanol–water partition coefficient (Wildman–Crippen LogP) is 2.14. The summed E-state index contributed by atoms with van der Waals surface area (Å²) in [5, 5.41) is 11.6. The van der Waals surface area contributed by atoms with Gasteiger partial charge in [0.1, 0.15) is 0 Å². The third-order valence-electron chi connectivity index (χ3n) is 3.48. The molecule has 0 radical (unpaired) electrons. The number of carboxylic acid groups (broad SMARTS) is 1. The molecular weight excluding hydrogens is 250 g/mol. The quantitative estimate of drug-likeness (QED) is 0.778. The van der Waals surface area contributed by atoms with Gasteiger partial charge < -0.3 is 10.4 Å². The van der Waals surface area contributed by atoms with Crippen molar-refractivity contribution in [3.8, 4) is 0 Å². The van der Waals surface area contributed by atoms with Crippen molar-refractivity contribution < 1.29 is 14.7 Å². The van der Waals surface area contributed by atoms with Crippen LogP contribution < -0.4 is 5.32 Å². The summed E-state index contributed by atoms with van der Waals surface area (Å²) < 4.78 is 0.